The van der Waals surface area contributed by atoms with Crippen LogP contribution in [0.4, 0.5) is 0 Å². The number of hydrazine groups is 1. The van der Waals surface area contributed by atoms with E-state index in [0.717, 1.165) is 32.4 Å². The summed E-state index contributed by atoms with van der Waals surface area (Å²) in [6.07, 6.45) is 5.46. The van der Waals surface area contributed by atoms with Crippen LogP contribution in [-0.2, 0) is 4.79 Å². The molecule has 1 aliphatic rings. The fraction of sp³-hybridized carbons (Fsp3) is 0.591. The van der Waals surface area contributed by atoms with Crippen LogP contribution >= 0.6 is 0 Å². The predicted molar refractivity (Wildman–Crippen MR) is 108 cm³/mol. The second-order valence-electron chi connectivity index (χ2n) is 8.49. The van der Waals surface area contributed by atoms with E-state index >= 15 is 0 Å². The summed E-state index contributed by atoms with van der Waals surface area (Å²) in [5.74, 6) is 0.0426. The van der Waals surface area contributed by atoms with E-state index in [9.17, 15) is 4.79 Å². The quantitative estimate of drug-likeness (QED) is 0.706. The molecule has 0 spiro atoms. The van der Waals surface area contributed by atoms with Gasteiger partial charge in [-0.3, -0.25) is 4.79 Å². The largest absolute Gasteiger partial charge is 0.364 e. The Kier molecular flexibility index (Phi) is 6.87. The van der Waals surface area contributed by atoms with Crippen molar-refractivity contribution in [2.75, 3.05) is 13.1 Å². The monoisotopic (exact) mass is 357 g/mol. The molecule has 1 amide bonds. The second-order valence-corrected chi connectivity index (χ2v) is 8.49. The molecule has 0 fully saturated rings. The van der Waals surface area contributed by atoms with Crippen LogP contribution < -0.4 is 5.73 Å². The van der Waals surface area contributed by atoms with E-state index in [4.69, 9.17) is 5.73 Å². The van der Waals surface area contributed by atoms with E-state index in [1.807, 2.05) is 6.07 Å². The van der Waals surface area contributed by atoms with Gasteiger partial charge in [-0.1, -0.05) is 77.8 Å². The van der Waals surface area contributed by atoms with Crippen LogP contribution in [0.5, 0.6) is 0 Å². The van der Waals surface area contributed by atoms with Gasteiger partial charge in [0.15, 0.2) is 0 Å². The van der Waals surface area contributed by atoms with Gasteiger partial charge in [-0.15, -0.1) is 0 Å². The maximum absolute atomic E-state index is 12.1. The zero-order chi connectivity index (χ0) is 19.3. The molecule has 0 radical (unpaired) electrons. The van der Waals surface area contributed by atoms with Crippen molar-refractivity contribution < 1.29 is 4.79 Å². The van der Waals surface area contributed by atoms with Crippen LogP contribution in [0.2, 0.25) is 0 Å². The summed E-state index contributed by atoms with van der Waals surface area (Å²) in [6, 6.07) is 10.7. The highest BCUT2D eigenvalue weighted by Gasteiger charge is 2.40. The van der Waals surface area contributed by atoms with Crippen LogP contribution in [0, 0.1) is 5.41 Å². The number of nitrogens with two attached hydrogens (primary N) is 1. The number of carbonyl (C=O) groups excluding carboxylic acids is 1. The molecule has 4 nitrogen and oxygen atoms in total. The first-order chi connectivity index (χ1) is 12.3. The highest BCUT2D eigenvalue weighted by atomic mass is 16.1. The Labute approximate surface area is 159 Å². The van der Waals surface area contributed by atoms with Gasteiger partial charge >= 0.3 is 0 Å². The molecule has 1 heterocycles. The van der Waals surface area contributed by atoms with Gasteiger partial charge in [-0.2, -0.15) is 0 Å². The Hall–Kier alpha value is -1.81. The molecular formula is C22H35N3O. The van der Waals surface area contributed by atoms with E-state index < -0.39 is 0 Å². The van der Waals surface area contributed by atoms with E-state index in [2.05, 4.69) is 75.0 Å². The third kappa shape index (κ3) is 4.88. The number of nitrogens with zero attached hydrogens (tertiary/aromatic N) is 2. The van der Waals surface area contributed by atoms with Gasteiger partial charge in [0, 0.05) is 13.1 Å². The van der Waals surface area contributed by atoms with Gasteiger partial charge in [-0.25, -0.2) is 5.01 Å². The molecule has 0 aromatic heterocycles. The van der Waals surface area contributed by atoms with Crippen molar-refractivity contribution in [1.29, 1.82) is 0 Å². The zero-order valence-corrected chi connectivity index (χ0v) is 17.0. The van der Waals surface area contributed by atoms with Crippen LogP contribution in [-0.4, -0.2) is 35.1 Å². The van der Waals surface area contributed by atoms with E-state index in [0.29, 0.717) is 11.6 Å². The number of rotatable bonds is 8. The third-order valence-electron chi connectivity index (χ3n) is 5.17. The van der Waals surface area contributed by atoms with Gasteiger partial charge in [-0.05, 0) is 29.4 Å². The van der Waals surface area contributed by atoms with Gasteiger partial charge in [0.2, 0.25) is 0 Å². The average Bonchev–Trinajstić information content (AvgIpc) is 2.95. The topological polar surface area (TPSA) is 49.6 Å². The van der Waals surface area contributed by atoms with Crippen LogP contribution in [0.1, 0.15) is 65.4 Å². The minimum Gasteiger partial charge on any atom is -0.364 e. The number of hydrogen-bond acceptors (Lipinski definition) is 3. The van der Waals surface area contributed by atoms with E-state index in [-0.39, 0.29) is 17.4 Å². The van der Waals surface area contributed by atoms with Crippen molar-refractivity contribution in [3.05, 3.63) is 47.7 Å². The standard InChI is InChI=1S/C22H35N3O/c1-6-7-11-14-24-19(21(23)26)15-20(22(3,4)5)25(24)16-17(2)18-12-9-8-10-13-18/h8-10,12-13,15,17,20H,6-7,11,14,16H2,1-5H3,(H2,23,26). The van der Waals surface area contributed by atoms with Crippen molar-refractivity contribution in [1.82, 2.24) is 10.0 Å². The van der Waals surface area contributed by atoms with E-state index in [1.54, 1.807) is 0 Å². The third-order valence-corrected chi connectivity index (χ3v) is 5.17. The maximum Gasteiger partial charge on any atom is 0.266 e. The number of carbonyl (C=O) groups is 1. The summed E-state index contributed by atoms with van der Waals surface area (Å²) in [5, 5.41) is 4.51. The Bertz CT molecular complexity index is 618. The molecule has 2 rings (SSSR count). The minimum absolute atomic E-state index is 0.0244. The molecule has 26 heavy (non-hydrogen) atoms. The Morgan fingerprint density at radius 3 is 2.38 bits per heavy atom. The summed E-state index contributed by atoms with van der Waals surface area (Å²) in [4.78, 5) is 12.1. The van der Waals surface area contributed by atoms with Crippen LogP contribution in [0.25, 0.3) is 0 Å². The molecule has 2 atom stereocenters. The summed E-state index contributed by atoms with van der Waals surface area (Å²) in [5.41, 5.74) is 7.73. The molecule has 4 heteroatoms. The van der Waals surface area contributed by atoms with Crippen LogP contribution in [0.3, 0.4) is 0 Å². The van der Waals surface area contributed by atoms with Gasteiger partial charge in [0.25, 0.3) is 5.91 Å². The highest BCUT2D eigenvalue weighted by molar-refractivity contribution is 5.91. The minimum atomic E-state index is -0.328. The molecule has 0 saturated heterocycles. The van der Waals surface area contributed by atoms with Crippen molar-refractivity contribution in [2.45, 2.75) is 65.8 Å². The van der Waals surface area contributed by atoms with Gasteiger partial charge in [0.05, 0.1) is 6.04 Å². The number of unbranched alkanes of at least 4 members (excludes halogenated alkanes) is 2. The lowest BCUT2D eigenvalue weighted by Gasteiger charge is -2.41. The molecule has 0 saturated carbocycles. The van der Waals surface area contributed by atoms with Gasteiger partial charge in [0.1, 0.15) is 5.70 Å². The number of amides is 1. The first-order valence-corrected chi connectivity index (χ1v) is 9.86. The predicted octanol–water partition coefficient (Wildman–Crippen LogP) is 4.30. The smallest absolute Gasteiger partial charge is 0.266 e. The number of hydrogen-bond donors (Lipinski definition) is 1. The number of benzene rings is 1. The average molecular weight is 358 g/mol. The lowest BCUT2D eigenvalue weighted by molar-refractivity contribution is -0.119. The molecule has 144 valence electrons. The normalized spacial score (nSPS) is 19.5. The molecule has 1 aromatic rings. The first kappa shape index (κ1) is 20.5. The molecule has 1 aliphatic heterocycles. The summed E-state index contributed by atoms with van der Waals surface area (Å²) < 4.78 is 0. The highest BCUT2D eigenvalue weighted by Crippen LogP contribution is 2.36. The Balaban J connectivity index is 2.27. The fourth-order valence-electron chi connectivity index (χ4n) is 3.66. The van der Waals surface area contributed by atoms with Crippen LogP contribution in [0.15, 0.2) is 42.1 Å². The maximum atomic E-state index is 12.1. The first-order valence-electron chi connectivity index (χ1n) is 9.86. The van der Waals surface area contributed by atoms with E-state index in [1.165, 1.54) is 5.56 Å². The van der Waals surface area contributed by atoms with Crippen molar-refractivity contribution in [2.24, 2.45) is 11.1 Å². The van der Waals surface area contributed by atoms with Crippen molar-refractivity contribution in [3.8, 4) is 0 Å². The van der Waals surface area contributed by atoms with Crippen molar-refractivity contribution >= 4 is 5.91 Å². The second kappa shape index (κ2) is 8.72. The zero-order valence-electron chi connectivity index (χ0n) is 17.0. The molecule has 2 unspecified atom stereocenters. The number of primary amides is 1. The lowest BCUT2D eigenvalue weighted by atomic mass is 9.86. The molecular weight excluding hydrogens is 322 g/mol. The molecule has 0 bridgehead atoms. The fourth-order valence-corrected chi connectivity index (χ4v) is 3.66. The van der Waals surface area contributed by atoms with Gasteiger partial charge < -0.3 is 10.7 Å². The SMILES string of the molecule is CCCCCN1C(C(N)=O)=CC(C(C)(C)C)N1CC(C)c1ccccc1. The molecule has 1 aromatic carbocycles. The lowest BCUT2D eigenvalue weighted by Crippen LogP contribution is -2.50. The Morgan fingerprint density at radius 2 is 1.85 bits per heavy atom. The summed E-state index contributed by atoms with van der Waals surface area (Å²) in [7, 11) is 0. The molecule has 2 N–H and O–H groups in total. The Morgan fingerprint density at radius 1 is 1.19 bits per heavy atom. The van der Waals surface area contributed by atoms with Crippen molar-refractivity contribution in [3.63, 3.8) is 0 Å². The summed E-state index contributed by atoms with van der Waals surface area (Å²) >= 11 is 0. The summed E-state index contributed by atoms with van der Waals surface area (Å²) in [6.45, 7) is 12.8. The molecule has 0 aliphatic carbocycles.